The van der Waals surface area contributed by atoms with Crippen LogP contribution in [-0.4, -0.2) is 27.8 Å². The Hall–Kier alpha value is -2.66. The molecule has 0 amide bonds. The van der Waals surface area contributed by atoms with Crippen LogP contribution in [0.5, 0.6) is 0 Å². The van der Waals surface area contributed by atoms with Crippen molar-refractivity contribution in [3.63, 3.8) is 0 Å². The zero-order valence-corrected chi connectivity index (χ0v) is 13.9. The van der Waals surface area contributed by atoms with E-state index in [9.17, 15) is 9.59 Å². The molecule has 0 fully saturated rings. The van der Waals surface area contributed by atoms with E-state index in [1.54, 1.807) is 13.0 Å². The van der Waals surface area contributed by atoms with E-state index in [0.717, 1.165) is 16.6 Å². The van der Waals surface area contributed by atoms with E-state index in [-0.39, 0.29) is 16.5 Å². The first kappa shape index (κ1) is 16.2. The number of para-hydroxylation sites is 1. The van der Waals surface area contributed by atoms with Crippen LogP contribution in [0.4, 0.5) is 0 Å². The van der Waals surface area contributed by atoms with Gasteiger partial charge in [0.2, 0.25) is 5.78 Å². The fourth-order valence-electron chi connectivity index (χ4n) is 2.61. The van der Waals surface area contributed by atoms with E-state index >= 15 is 0 Å². The van der Waals surface area contributed by atoms with Crippen LogP contribution in [0.3, 0.4) is 0 Å². The number of rotatable bonds is 4. The molecule has 2 heterocycles. The van der Waals surface area contributed by atoms with Gasteiger partial charge in [0.1, 0.15) is 5.15 Å². The maximum Gasteiger partial charge on any atom is 0.341 e. The smallest absolute Gasteiger partial charge is 0.341 e. The summed E-state index contributed by atoms with van der Waals surface area (Å²) in [7, 11) is 0. The number of halogens is 1. The lowest BCUT2D eigenvalue weighted by Crippen LogP contribution is -2.25. The molecule has 0 saturated heterocycles. The van der Waals surface area contributed by atoms with Gasteiger partial charge in [0.05, 0.1) is 5.56 Å². The second-order valence-corrected chi connectivity index (χ2v) is 5.78. The number of hydrogen-bond acceptors (Lipinski definition) is 4. The van der Waals surface area contributed by atoms with E-state index < -0.39 is 12.1 Å². The number of carbonyl (C=O) groups is 2. The molecule has 0 aliphatic rings. The predicted molar refractivity (Wildman–Crippen MR) is 91.5 cm³/mol. The number of nitrogens with one attached hydrogen (secondary N) is 1. The maximum atomic E-state index is 12.7. The minimum absolute atomic E-state index is 0.0467. The van der Waals surface area contributed by atoms with Gasteiger partial charge >= 0.3 is 5.97 Å². The monoisotopic (exact) mass is 342 g/mol. The Morgan fingerprint density at radius 3 is 2.71 bits per heavy atom. The first-order valence-electron chi connectivity index (χ1n) is 7.42. The highest BCUT2D eigenvalue weighted by Gasteiger charge is 2.25. The quantitative estimate of drug-likeness (QED) is 0.442. The van der Waals surface area contributed by atoms with Crippen LogP contribution in [0.25, 0.3) is 10.9 Å². The predicted octanol–water partition coefficient (Wildman–Crippen LogP) is 3.95. The molecule has 122 valence electrons. The van der Waals surface area contributed by atoms with Crippen LogP contribution in [0.1, 0.15) is 33.3 Å². The van der Waals surface area contributed by atoms with Gasteiger partial charge in [-0.25, -0.2) is 9.78 Å². The molecule has 24 heavy (non-hydrogen) atoms. The van der Waals surface area contributed by atoms with Crippen LogP contribution in [0.15, 0.2) is 42.6 Å². The molecule has 6 heteroatoms. The van der Waals surface area contributed by atoms with Crippen LogP contribution in [0, 0.1) is 6.92 Å². The Morgan fingerprint density at radius 2 is 1.96 bits per heavy atom. The summed E-state index contributed by atoms with van der Waals surface area (Å²) in [5, 5.41) is 0.854. The number of ether oxygens (including phenoxy) is 1. The number of benzene rings is 1. The summed E-state index contributed by atoms with van der Waals surface area (Å²) >= 11 is 5.88. The number of aryl methyl sites for hydroxylation is 1. The Balaban J connectivity index is 1.86. The molecular formula is C18H15ClN2O3. The largest absolute Gasteiger partial charge is 0.451 e. The van der Waals surface area contributed by atoms with E-state index in [1.807, 2.05) is 31.2 Å². The molecule has 0 aliphatic heterocycles. The number of fused-ring (bicyclic) bond motifs is 1. The molecular weight excluding hydrogens is 328 g/mol. The zero-order valence-electron chi connectivity index (χ0n) is 13.2. The van der Waals surface area contributed by atoms with Crippen LogP contribution in [0.2, 0.25) is 5.15 Å². The number of carbonyl (C=O) groups excluding carboxylic acids is 2. The average molecular weight is 343 g/mol. The highest BCUT2D eigenvalue weighted by Crippen LogP contribution is 2.24. The van der Waals surface area contributed by atoms with Gasteiger partial charge in [0.15, 0.2) is 6.10 Å². The van der Waals surface area contributed by atoms with Gasteiger partial charge in [-0.2, -0.15) is 0 Å². The molecule has 1 atom stereocenters. The number of ketones is 1. The topological polar surface area (TPSA) is 72.1 Å². The molecule has 5 nitrogen and oxygen atoms in total. The van der Waals surface area contributed by atoms with Crippen molar-refractivity contribution >= 4 is 34.3 Å². The highest BCUT2D eigenvalue weighted by atomic mass is 35.5. The Morgan fingerprint density at radius 1 is 1.21 bits per heavy atom. The molecule has 0 saturated carbocycles. The number of H-pyrrole nitrogens is 1. The van der Waals surface area contributed by atoms with Crippen LogP contribution in [-0.2, 0) is 4.74 Å². The number of aromatic nitrogens is 2. The molecule has 0 aliphatic carbocycles. The summed E-state index contributed by atoms with van der Waals surface area (Å²) in [6, 6.07) is 10.6. The van der Waals surface area contributed by atoms with E-state index in [1.165, 1.54) is 12.3 Å². The first-order valence-corrected chi connectivity index (χ1v) is 7.80. The zero-order chi connectivity index (χ0) is 17.3. The Labute approximate surface area is 143 Å². The van der Waals surface area contributed by atoms with Crippen LogP contribution < -0.4 is 0 Å². The Kier molecular flexibility index (Phi) is 4.36. The van der Waals surface area contributed by atoms with Crippen molar-refractivity contribution in [1.29, 1.82) is 0 Å². The molecule has 3 rings (SSSR count). The van der Waals surface area contributed by atoms with Gasteiger partial charge in [-0.05, 0) is 32.0 Å². The lowest BCUT2D eigenvalue weighted by atomic mass is 10.0. The Bertz CT molecular complexity index is 933. The third-order valence-electron chi connectivity index (χ3n) is 3.77. The minimum Gasteiger partial charge on any atom is -0.451 e. The van der Waals surface area contributed by atoms with Gasteiger partial charge in [-0.1, -0.05) is 29.8 Å². The van der Waals surface area contributed by atoms with Gasteiger partial charge in [0, 0.05) is 28.4 Å². The third kappa shape index (κ3) is 2.90. The molecule has 0 unspecified atom stereocenters. The molecule has 2 aromatic heterocycles. The summed E-state index contributed by atoms with van der Waals surface area (Å²) in [5.41, 5.74) is 2.27. The number of nitrogens with zero attached hydrogens (tertiary/aromatic N) is 1. The van der Waals surface area contributed by atoms with Crippen molar-refractivity contribution in [3.05, 3.63) is 64.6 Å². The lowest BCUT2D eigenvalue weighted by Gasteiger charge is -2.13. The second kappa shape index (κ2) is 6.45. The summed E-state index contributed by atoms with van der Waals surface area (Å²) < 4.78 is 5.28. The van der Waals surface area contributed by atoms with Crippen molar-refractivity contribution in [1.82, 2.24) is 9.97 Å². The van der Waals surface area contributed by atoms with Crippen molar-refractivity contribution < 1.29 is 14.3 Å². The molecule has 1 N–H and O–H groups in total. The summed E-state index contributed by atoms with van der Waals surface area (Å²) in [4.78, 5) is 31.9. The number of aromatic amines is 1. The summed E-state index contributed by atoms with van der Waals surface area (Å²) in [6.45, 7) is 3.37. The lowest BCUT2D eigenvalue weighted by molar-refractivity contribution is 0.0319. The number of pyridine rings is 1. The number of hydrogen-bond donors (Lipinski definition) is 1. The molecule has 0 spiro atoms. The van der Waals surface area contributed by atoms with Crippen molar-refractivity contribution in [3.8, 4) is 0 Å². The van der Waals surface area contributed by atoms with Crippen molar-refractivity contribution in [2.75, 3.05) is 0 Å². The fraction of sp³-hybridized carbons (Fsp3) is 0.167. The van der Waals surface area contributed by atoms with Crippen molar-refractivity contribution in [2.45, 2.75) is 20.0 Å². The van der Waals surface area contributed by atoms with Crippen LogP contribution >= 0.6 is 11.6 Å². The van der Waals surface area contributed by atoms with Gasteiger partial charge in [-0.3, -0.25) is 4.79 Å². The summed E-state index contributed by atoms with van der Waals surface area (Å²) in [5.74, 6) is -0.940. The second-order valence-electron chi connectivity index (χ2n) is 5.42. The van der Waals surface area contributed by atoms with E-state index in [0.29, 0.717) is 5.56 Å². The van der Waals surface area contributed by atoms with Gasteiger partial charge < -0.3 is 9.72 Å². The average Bonchev–Trinajstić information content (AvgIpc) is 2.90. The van der Waals surface area contributed by atoms with Crippen molar-refractivity contribution in [2.24, 2.45) is 0 Å². The SMILES string of the molecule is Cc1[nH]c2ccccc2c1C(=O)[C@@H](C)OC(=O)c1cccnc1Cl. The highest BCUT2D eigenvalue weighted by molar-refractivity contribution is 6.32. The number of Topliss-reactive ketones (excluding diaryl/α,β-unsaturated/α-hetero) is 1. The standard InChI is InChI=1S/C18H15ClN2O3/c1-10-15(12-6-3-4-8-14(12)21-10)16(22)11(2)24-18(23)13-7-5-9-20-17(13)19/h3-9,11,21H,1-2H3/t11-/m1/s1. The summed E-state index contributed by atoms with van der Waals surface area (Å²) in [6.07, 6.45) is 0.537. The van der Waals surface area contributed by atoms with Gasteiger partial charge in [-0.15, -0.1) is 0 Å². The van der Waals surface area contributed by atoms with Gasteiger partial charge in [0.25, 0.3) is 0 Å². The molecule has 3 aromatic rings. The van der Waals surface area contributed by atoms with E-state index in [2.05, 4.69) is 9.97 Å². The molecule has 0 bridgehead atoms. The minimum atomic E-state index is -0.938. The molecule has 0 radical (unpaired) electrons. The third-order valence-corrected chi connectivity index (χ3v) is 4.07. The number of esters is 1. The first-order chi connectivity index (χ1) is 11.5. The molecule has 1 aromatic carbocycles. The normalized spacial score (nSPS) is 12.1. The maximum absolute atomic E-state index is 12.7. The van der Waals surface area contributed by atoms with E-state index in [4.69, 9.17) is 16.3 Å². The fourth-order valence-corrected chi connectivity index (χ4v) is 2.81.